The molecular weight excluding hydrogens is 420 g/mol. The molecule has 4 heterocycles. The molecule has 3 unspecified atom stereocenters. The Bertz CT molecular complexity index is 1090. The van der Waals surface area contributed by atoms with Crippen molar-refractivity contribution in [1.29, 1.82) is 0 Å². The third kappa shape index (κ3) is 3.53. The molecule has 3 saturated heterocycles. The van der Waals surface area contributed by atoms with E-state index in [9.17, 15) is 4.79 Å². The molecule has 0 radical (unpaired) electrons. The van der Waals surface area contributed by atoms with E-state index in [1.165, 1.54) is 57.8 Å². The Morgan fingerprint density at radius 3 is 2.18 bits per heavy atom. The van der Waals surface area contributed by atoms with Crippen molar-refractivity contribution in [3.8, 4) is 0 Å². The lowest BCUT2D eigenvalue weighted by atomic mass is 9.65. The summed E-state index contributed by atoms with van der Waals surface area (Å²) in [6, 6.07) is 10.7. The molecule has 0 amide bonds. The molecule has 2 aliphatic carbocycles. The van der Waals surface area contributed by atoms with Crippen LogP contribution in [-0.2, 0) is 0 Å². The monoisotopic (exact) mass is 460 g/mol. The lowest BCUT2D eigenvalue weighted by Gasteiger charge is -2.56. The molecule has 5 fully saturated rings. The molecule has 2 aromatic rings. The number of benzene rings is 1. The van der Waals surface area contributed by atoms with Gasteiger partial charge in [0.2, 0.25) is 0 Å². The van der Waals surface area contributed by atoms with Crippen LogP contribution in [0.15, 0.2) is 29.1 Å². The van der Waals surface area contributed by atoms with E-state index < -0.39 is 0 Å². The van der Waals surface area contributed by atoms with Gasteiger partial charge in [-0.05, 0) is 94.1 Å². The van der Waals surface area contributed by atoms with Crippen molar-refractivity contribution in [3.63, 3.8) is 0 Å². The summed E-state index contributed by atoms with van der Waals surface area (Å²) in [5.74, 6) is 3.53. The Kier molecular flexibility index (Phi) is 5.26. The second kappa shape index (κ2) is 8.36. The van der Waals surface area contributed by atoms with Crippen molar-refractivity contribution >= 4 is 16.9 Å². The van der Waals surface area contributed by atoms with E-state index in [0.29, 0.717) is 23.9 Å². The lowest BCUT2D eigenvalue weighted by Crippen LogP contribution is -2.59. The van der Waals surface area contributed by atoms with Gasteiger partial charge in [0, 0.05) is 37.3 Å². The molecule has 0 N–H and O–H groups in total. The Hall–Kier alpha value is -1.88. The summed E-state index contributed by atoms with van der Waals surface area (Å²) in [5, 5.41) is 0. The van der Waals surface area contributed by atoms with Crippen LogP contribution in [0.2, 0.25) is 0 Å². The normalized spacial score (nSPS) is 38.0. The number of aromatic nitrogens is 2. The van der Waals surface area contributed by atoms with E-state index in [1.807, 2.05) is 0 Å². The highest BCUT2D eigenvalue weighted by Gasteiger charge is 2.46. The van der Waals surface area contributed by atoms with Gasteiger partial charge in [0.1, 0.15) is 0 Å². The first-order chi connectivity index (χ1) is 16.6. The first kappa shape index (κ1) is 21.4. The third-order valence-corrected chi connectivity index (χ3v) is 10.1. The molecule has 5 nitrogen and oxygen atoms in total. The number of anilines is 1. The molecule has 2 saturated carbocycles. The molecule has 7 atom stereocenters. The Balaban J connectivity index is 1.21. The fraction of sp³-hybridized carbons (Fsp3) is 0.724. The highest BCUT2D eigenvalue weighted by atomic mass is 16.1. The predicted molar refractivity (Wildman–Crippen MR) is 137 cm³/mol. The molecule has 4 bridgehead atoms. The van der Waals surface area contributed by atoms with Crippen LogP contribution in [0.5, 0.6) is 0 Å². The largest absolute Gasteiger partial charge is 0.352 e. The van der Waals surface area contributed by atoms with Crippen molar-refractivity contribution in [3.05, 3.63) is 34.6 Å². The Morgan fingerprint density at radius 2 is 1.50 bits per heavy atom. The molecule has 34 heavy (non-hydrogen) atoms. The van der Waals surface area contributed by atoms with Crippen molar-refractivity contribution in [1.82, 2.24) is 14.5 Å². The minimum atomic E-state index is 0.149. The Morgan fingerprint density at radius 1 is 0.794 bits per heavy atom. The second-order valence-electron chi connectivity index (χ2n) is 12.4. The highest BCUT2D eigenvalue weighted by Crippen LogP contribution is 2.48. The number of hydrogen-bond acceptors (Lipinski definition) is 4. The third-order valence-electron chi connectivity index (χ3n) is 10.1. The van der Waals surface area contributed by atoms with Gasteiger partial charge >= 0.3 is 0 Å². The van der Waals surface area contributed by atoms with Gasteiger partial charge in [0.15, 0.2) is 5.82 Å². The van der Waals surface area contributed by atoms with Crippen LogP contribution in [0.25, 0.3) is 11.0 Å². The number of rotatable bonds is 3. The van der Waals surface area contributed by atoms with Gasteiger partial charge in [-0.1, -0.05) is 25.5 Å². The number of para-hydroxylation sites is 2. The van der Waals surface area contributed by atoms with Crippen LogP contribution < -0.4 is 10.5 Å². The quantitative estimate of drug-likeness (QED) is 0.617. The SMILES string of the molecule is CC1C[C@@H]2CC(N3[C@@H]4CCC[C@H]3CC(n3c(=O)c(N5CCC5)nc5ccccc53)C4)C[C@H](C1)C2. The van der Waals surface area contributed by atoms with Crippen LogP contribution in [0.1, 0.15) is 83.6 Å². The molecule has 3 aliphatic heterocycles. The van der Waals surface area contributed by atoms with E-state index >= 15 is 0 Å². The standard InChI is InChI=1S/C29H40N4O/c1-19-12-20-14-21(13-19)16-24(15-20)32-22-6-4-7-23(32)18-25(17-22)33-27-9-3-2-8-26(27)30-28(29(33)34)31-10-5-11-31/h2-3,8-9,19-25H,4-7,10-18H2,1H3/t19?,20-,21+,22-,23+,24?,25?. The number of hydrogen-bond donors (Lipinski definition) is 0. The maximum Gasteiger partial charge on any atom is 0.294 e. The molecule has 182 valence electrons. The van der Waals surface area contributed by atoms with Crippen LogP contribution in [0.4, 0.5) is 5.82 Å². The zero-order valence-corrected chi connectivity index (χ0v) is 20.7. The van der Waals surface area contributed by atoms with E-state index in [-0.39, 0.29) is 5.56 Å². The van der Waals surface area contributed by atoms with Crippen LogP contribution in [0, 0.1) is 17.8 Å². The number of piperidine rings is 2. The fourth-order valence-corrected chi connectivity index (χ4v) is 8.83. The van der Waals surface area contributed by atoms with Crippen LogP contribution in [0.3, 0.4) is 0 Å². The van der Waals surface area contributed by atoms with Crippen molar-refractivity contribution in [2.75, 3.05) is 18.0 Å². The van der Waals surface area contributed by atoms with E-state index in [0.717, 1.165) is 60.8 Å². The van der Waals surface area contributed by atoms with Crippen molar-refractivity contribution in [2.45, 2.75) is 102 Å². The minimum absolute atomic E-state index is 0.149. The highest BCUT2D eigenvalue weighted by molar-refractivity contribution is 5.76. The summed E-state index contributed by atoms with van der Waals surface area (Å²) in [5.41, 5.74) is 2.16. The molecule has 5 heteroatoms. The number of fused-ring (bicyclic) bond motifs is 5. The zero-order valence-electron chi connectivity index (χ0n) is 20.7. The van der Waals surface area contributed by atoms with Gasteiger partial charge in [-0.15, -0.1) is 0 Å². The smallest absolute Gasteiger partial charge is 0.294 e. The molecule has 0 spiro atoms. The molecule has 1 aromatic heterocycles. The summed E-state index contributed by atoms with van der Waals surface area (Å²) < 4.78 is 2.18. The summed E-state index contributed by atoms with van der Waals surface area (Å²) in [4.78, 5) is 23.8. The van der Waals surface area contributed by atoms with Gasteiger partial charge in [-0.3, -0.25) is 9.69 Å². The molecule has 7 rings (SSSR count). The average Bonchev–Trinajstić information content (AvgIpc) is 2.77. The average molecular weight is 461 g/mol. The first-order valence-corrected chi connectivity index (χ1v) is 14.2. The van der Waals surface area contributed by atoms with E-state index in [1.54, 1.807) is 0 Å². The second-order valence-corrected chi connectivity index (χ2v) is 12.4. The summed E-state index contributed by atoms with van der Waals surface area (Å²) in [6.45, 7) is 4.41. The zero-order chi connectivity index (χ0) is 22.8. The lowest BCUT2D eigenvalue weighted by molar-refractivity contribution is -0.0524. The van der Waals surface area contributed by atoms with Crippen molar-refractivity contribution < 1.29 is 0 Å². The van der Waals surface area contributed by atoms with E-state index in [2.05, 4.69) is 45.6 Å². The van der Waals surface area contributed by atoms with Gasteiger partial charge < -0.3 is 9.47 Å². The molecule has 5 aliphatic rings. The maximum absolute atomic E-state index is 13.8. The minimum Gasteiger partial charge on any atom is -0.352 e. The van der Waals surface area contributed by atoms with Gasteiger partial charge in [-0.25, -0.2) is 4.98 Å². The Labute approximate surface area is 203 Å². The summed E-state index contributed by atoms with van der Waals surface area (Å²) in [6.07, 6.45) is 14.7. The first-order valence-electron chi connectivity index (χ1n) is 14.2. The van der Waals surface area contributed by atoms with Crippen molar-refractivity contribution in [2.24, 2.45) is 17.8 Å². The molecule has 1 aromatic carbocycles. The fourth-order valence-electron chi connectivity index (χ4n) is 8.83. The van der Waals surface area contributed by atoms with Gasteiger partial charge in [0.25, 0.3) is 5.56 Å². The topological polar surface area (TPSA) is 41.4 Å². The van der Waals surface area contributed by atoms with Crippen LogP contribution in [-0.4, -0.2) is 45.7 Å². The summed E-state index contributed by atoms with van der Waals surface area (Å²) in [7, 11) is 0. The predicted octanol–water partition coefficient (Wildman–Crippen LogP) is 5.38. The number of nitrogens with zero attached hydrogens (tertiary/aromatic N) is 4. The van der Waals surface area contributed by atoms with Crippen LogP contribution >= 0.6 is 0 Å². The van der Waals surface area contributed by atoms with E-state index in [4.69, 9.17) is 4.98 Å². The van der Waals surface area contributed by atoms with Gasteiger partial charge in [0.05, 0.1) is 11.0 Å². The van der Waals surface area contributed by atoms with Gasteiger partial charge in [-0.2, -0.15) is 0 Å². The molecular formula is C29H40N4O. The summed E-state index contributed by atoms with van der Waals surface area (Å²) >= 11 is 0. The maximum atomic E-state index is 13.8.